The fourth-order valence-corrected chi connectivity index (χ4v) is 5.11. The van der Waals surface area contributed by atoms with E-state index in [0.29, 0.717) is 5.25 Å². The fourth-order valence-electron chi connectivity index (χ4n) is 1.62. The SMILES string of the molecule is CC(C)CCCC[C@H]1CCS[S@@+]1[O-]. The van der Waals surface area contributed by atoms with Crippen LogP contribution in [0.25, 0.3) is 0 Å². The van der Waals surface area contributed by atoms with Crippen molar-refractivity contribution in [3.63, 3.8) is 0 Å². The first-order chi connectivity index (χ1) is 6.20. The molecule has 1 heterocycles. The molecule has 0 spiro atoms. The molecule has 1 aliphatic heterocycles. The molecule has 1 aliphatic rings. The minimum absolute atomic E-state index is 0.511. The van der Waals surface area contributed by atoms with Crippen molar-refractivity contribution in [1.82, 2.24) is 0 Å². The van der Waals surface area contributed by atoms with Crippen LogP contribution in [-0.2, 0) is 10.2 Å². The number of rotatable bonds is 5. The molecule has 0 unspecified atom stereocenters. The van der Waals surface area contributed by atoms with Gasteiger partial charge in [-0.1, -0.05) is 26.7 Å². The molecule has 3 heteroatoms. The van der Waals surface area contributed by atoms with Crippen LogP contribution in [0.3, 0.4) is 0 Å². The molecule has 1 fully saturated rings. The fraction of sp³-hybridized carbons (Fsp3) is 1.00. The average molecular weight is 220 g/mol. The molecule has 0 aromatic heterocycles. The summed E-state index contributed by atoms with van der Waals surface area (Å²) in [7, 11) is 1.08. The molecule has 0 N–H and O–H groups in total. The summed E-state index contributed by atoms with van der Waals surface area (Å²) < 4.78 is 11.4. The first kappa shape index (κ1) is 11.7. The van der Waals surface area contributed by atoms with E-state index in [-0.39, 0.29) is 0 Å². The van der Waals surface area contributed by atoms with E-state index in [1.54, 1.807) is 10.8 Å². The molecule has 1 nitrogen and oxygen atoms in total. The molecule has 0 aliphatic carbocycles. The number of hydrogen-bond acceptors (Lipinski definition) is 2. The zero-order chi connectivity index (χ0) is 9.68. The Morgan fingerprint density at radius 3 is 2.77 bits per heavy atom. The lowest BCUT2D eigenvalue weighted by Gasteiger charge is -2.11. The van der Waals surface area contributed by atoms with Crippen LogP contribution < -0.4 is 0 Å². The van der Waals surface area contributed by atoms with Crippen molar-refractivity contribution >= 4 is 21.0 Å². The molecule has 0 aromatic carbocycles. The van der Waals surface area contributed by atoms with Gasteiger partial charge in [-0.05, 0) is 18.8 Å². The minimum atomic E-state index is -0.558. The molecule has 0 saturated carbocycles. The second-order valence-electron chi connectivity index (χ2n) is 4.17. The zero-order valence-electron chi connectivity index (χ0n) is 8.62. The van der Waals surface area contributed by atoms with Crippen molar-refractivity contribution in [2.45, 2.75) is 51.2 Å². The second kappa shape index (κ2) is 6.20. The Morgan fingerprint density at radius 1 is 1.46 bits per heavy atom. The van der Waals surface area contributed by atoms with Gasteiger partial charge in [-0.2, -0.15) is 0 Å². The van der Waals surface area contributed by atoms with Crippen molar-refractivity contribution in [3.05, 3.63) is 0 Å². The van der Waals surface area contributed by atoms with Crippen molar-refractivity contribution in [3.8, 4) is 0 Å². The van der Waals surface area contributed by atoms with Crippen molar-refractivity contribution in [1.29, 1.82) is 0 Å². The van der Waals surface area contributed by atoms with Gasteiger partial charge in [-0.15, -0.1) is 0 Å². The number of hydrogen-bond donors (Lipinski definition) is 0. The molecule has 0 radical (unpaired) electrons. The first-order valence-electron chi connectivity index (χ1n) is 5.24. The maximum Gasteiger partial charge on any atom is 0.128 e. The zero-order valence-corrected chi connectivity index (χ0v) is 10.3. The van der Waals surface area contributed by atoms with Gasteiger partial charge in [0.15, 0.2) is 0 Å². The standard InChI is InChI=1S/C10H20OS2/c1-9(2)5-3-4-6-10-7-8-12-13(10)11/h9-10H,3-8H2,1-2H3/t10-,13+/m0/s1. The smallest absolute Gasteiger partial charge is 0.128 e. The normalized spacial score (nSPS) is 28.6. The van der Waals surface area contributed by atoms with E-state index >= 15 is 0 Å². The first-order valence-corrected chi connectivity index (χ1v) is 7.95. The summed E-state index contributed by atoms with van der Waals surface area (Å²) in [6, 6.07) is 0. The largest absolute Gasteiger partial charge is 0.605 e. The monoisotopic (exact) mass is 220 g/mol. The van der Waals surface area contributed by atoms with E-state index in [1.165, 1.54) is 32.1 Å². The van der Waals surface area contributed by atoms with Gasteiger partial charge < -0.3 is 4.55 Å². The third-order valence-corrected chi connectivity index (χ3v) is 6.13. The van der Waals surface area contributed by atoms with E-state index in [1.807, 2.05) is 0 Å². The van der Waals surface area contributed by atoms with Gasteiger partial charge in [0, 0.05) is 22.4 Å². The minimum Gasteiger partial charge on any atom is -0.605 e. The lowest BCUT2D eigenvalue weighted by atomic mass is 10.0. The van der Waals surface area contributed by atoms with Crippen LogP contribution in [0.1, 0.15) is 46.0 Å². The highest BCUT2D eigenvalue weighted by Gasteiger charge is 2.30. The van der Waals surface area contributed by atoms with Gasteiger partial charge in [-0.25, -0.2) is 0 Å². The van der Waals surface area contributed by atoms with Gasteiger partial charge in [0.2, 0.25) is 0 Å². The van der Waals surface area contributed by atoms with E-state index < -0.39 is 10.2 Å². The molecule has 0 bridgehead atoms. The maximum absolute atomic E-state index is 11.4. The van der Waals surface area contributed by atoms with Gasteiger partial charge in [0.1, 0.15) is 5.25 Å². The molecular formula is C10H20OS2. The maximum atomic E-state index is 11.4. The van der Waals surface area contributed by atoms with Crippen LogP contribution in [-0.4, -0.2) is 15.6 Å². The molecule has 2 atom stereocenters. The van der Waals surface area contributed by atoms with Gasteiger partial charge in [0.05, 0.1) is 10.8 Å². The Bertz CT molecular complexity index is 139. The Hall–Kier alpha value is 0.660. The van der Waals surface area contributed by atoms with Crippen molar-refractivity contribution in [2.75, 3.05) is 5.75 Å². The highest BCUT2D eigenvalue weighted by molar-refractivity contribution is 8.72. The van der Waals surface area contributed by atoms with E-state index in [4.69, 9.17) is 0 Å². The van der Waals surface area contributed by atoms with E-state index in [2.05, 4.69) is 13.8 Å². The summed E-state index contributed by atoms with van der Waals surface area (Å²) in [5.74, 6) is 1.94. The van der Waals surface area contributed by atoms with Gasteiger partial charge >= 0.3 is 0 Å². The molecule has 78 valence electrons. The Kier molecular flexibility index (Phi) is 5.60. The molecule has 0 amide bonds. The average Bonchev–Trinajstić information content (AvgIpc) is 2.45. The molecular weight excluding hydrogens is 200 g/mol. The van der Waals surface area contributed by atoms with E-state index in [9.17, 15) is 4.55 Å². The summed E-state index contributed by atoms with van der Waals surface area (Å²) in [6.45, 7) is 4.53. The summed E-state index contributed by atoms with van der Waals surface area (Å²) in [5, 5.41) is 0.511. The summed E-state index contributed by atoms with van der Waals surface area (Å²) in [4.78, 5) is 0. The molecule has 1 rings (SSSR count). The Morgan fingerprint density at radius 2 is 2.23 bits per heavy atom. The Balaban J connectivity index is 1.99. The van der Waals surface area contributed by atoms with Crippen LogP contribution >= 0.6 is 10.8 Å². The van der Waals surface area contributed by atoms with E-state index in [0.717, 1.165) is 11.7 Å². The highest BCUT2D eigenvalue weighted by Crippen LogP contribution is 2.33. The van der Waals surface area contributed by atoms with Crippen LogP contribution in [0.2, 0.25) is 0 Å². The Labute approximate surface area is 88.6 Å². The predicted octanol–water partition coefficient (Wildman–Crippen LogP) is 3.37. The van der Waals surface area contributed by atoms with Crippen LogP contribution in [0.15, 0.2) is 0 Å². The summed E-state index contributed by atoms with van der Waals surface area (Å²) >= 11 is 0. The highest BCUT2D eigenvalue weighted by atomic mass is 33.1. The van der Waals surface area contributed by atoms with Gasteiger partial charge in [-0.3, -0.25) is 0 Å². The third-order valence-electron chi connectivity index (χ3n) is 2.47. The van der Waals surface area contributed by atoms with Crippen LogP contribution in [0, 0.1) is 5.92 Å². The molecule has 0 aromatic rings. The molecule has 1 saturated heterocycles. The predicted molar refractivity (Wildman–Crippen MR) is 62.3 cm³/mol. The van der Waals surface area contributed by atoms with Crippen molar-refractivity contribution < 1.29 is 4.55 Å². The summed E-state index contributed by atoms with van der Waals surface area (Å²) in [5.41, 5.74) is 0. The van der Waals surface area contributed by atoms with Crippen LogP contribution in [0.4, 0.5) is 0 Å². The van der Waals surface area contributed by atoms with Crippen molar-refractivity contribution in [2.24, 2.45) is 5.92 Å². The number of unbranched alkanes of at least 4 members (excludes halogenated alkanes) is 1. The topological polar surface area (TPSA) is 23.1 Å². The lowest BCUT2D eigenvalue weighted by Crippen LogP contribution is -2.11. The quantitative estimate of drug-likeness (QED) is 0.403. The lowest BCUT2D eigenvalue weighted by molar-refractivity contribution is 0.515. The molecule has 13 heavy (non-hydrogen) atoms. The van der Waals surface area contributed by atoms with Gasteiger partial charge in [0.25, 0.3) is 0 Å². The second-order valence-corrected chi connectivity index (χ2v) is 7.70. The van der Waals surface area contributed by atoms with Crippen LogP contribution in [0.5, 0.6) is 0 Å². The third kappa shape index (κ3) is 4.61. The summed E-state index contributed by atoms with van der Waals surface area (Å²) in [6.07, 6.45) is 6.28.